The van der Waals surface area contributed by atoms with E-state index in [4.69, 9.17) is 0 Å². The first-order chi connectivity index (χ1) is 9.63. The summed E-state index contributed by atoms with van der Waals surface area (Å²) in [5.41, 5.74) is 1.15. The molecule has 1 aliphatic rings. The Bertz CT molecular complexity index is 584. The summed E-state index contributed by atoms with van der Waals surface area (Å²) in [7, 11) is 4.63. The van der Waals surface area contributed by atoms with Crippen molar-refractivity contribution in [1.29, 1.82) is 0 Å². The lowest BCUT2D eigenvalue weighted by Crippen LogP contribution is -2.48. The Morgan fingerprint density at radius 2 is 2.05 bits per heavy atom. The van der Waals surface area contributed by atoms with E-state index in [0.717, 1.165) is 25.3 Å². The average Bonchev–Trinajstić information content (AvgIpc) is 2.87. The predicted molar refractivity (Wildman–Crippen MR) is 81.4 cm³/mol. The topological polar surface area (TPSA) is 46.8 Å². The van der Waals surface area contributed by atoms with Gasteiger partial charge in [0.05, 0.1) is 5.41 Å². The summed E-state index contributed by atoms with van der Waals surface area (Å²) in [6, 6.07) is 10.6. The van der Waals surface area contributed by atoms with Crippen LogP contribution in [0.25, 0.3) is 0 Å². The number of tetrazole rings is 1. The van der Waals surface area contributed by atoms with Crippen LogP contribution in [0.4, 0.5) is 0 Å². The zero-order valence-electron chi connectivity index (χ0n) is 11.9. The molecule has 0 saturated carbocycles. The largest absolute Gasteiger partial charge is 0.306 e. The molecular formula is C14H20N5P. The first-order valence-electron chi connectivity index (χ1n) is 6.92. The lowest BCUT2D eigenvalue weighted by molar-refractivity contribution is 0.141. The fourth-order valence-corrected chi connectivity index (χ4v) is 3.52. The van der Waals surface area contributed by atoms with Gasteiger partial charge in [-0.05, 0) is 36.7 Å². The number of aromatic nitrogens is 4. The summed E-state index contributed by atoms with van der Waals surface area (Å²) < 4.78 is 1.48. The van der Waals surface area contributed by atoms with E-state index < -0.39 is 0 Å². The molecule has 3 rings (SSSR count). The Balaban J connectivity index is 2.13. The van der Waals surface area contributed by atoms with E-state index in [0.29, 0.717) is 5.92 Å². The van der Waals surface area contributed by atoms with Crippen LogP contribution >= 0.6 is 9.39 Å². The molecule has 0 bridgehead atoms. The van der Waals surface area contributed by atoms with Crippen LogP contribution in [0.3, 0.4) is 0 Å². The maximum Gasteiger partial charge on any atom is 0.185 e. The Hall–Kier alpha value is -1.32. The van der Waals surface area contributed by atoms with Gasteiger partial charge in [0, 0.05) is 15.9 Å². The highest BCUT2D eigenvalue weighted by molar-refractivity contribution is 7.14. The molecule has 6 heteroatoms. The number of likely N-dealkylation sites (tertiary alicyclic amines) is 1. The van der Waals surface area contributed by atoms with Crippen molar-refractivity contribution in [2.45, 2.75) is 18.8 Å². The highest BCUT2D eigenvalue weighted by Gasteiger charge is 2.46. The minimum Gasteiger partial charge on any atom is -0.306 e. The molecule has 2 aromatic rings. The zero-order chi connectivity index (χ0) is 14.2. The molecule has 0 aliphatic carbocycles. The Labute approximate surface area is 121 Å². The maximum absolute atomic E-state index is 4.50. The van der Waals surface area contributed by atoms with Gasteiger partial charge in [0.2, 0.25) is 0 Å². The SMILES string of the molecule is CC1CN(C)CCC1(c1ccccc1)c1nnn(P)n1. The van der Waals surface area contributed by atoms with Crippen LogP contribution in [0.1, 0.15) is 24.7 Å². The van der Waals surface area contributed by atoms with Crippen molar-refractivity contribution in [3.63, 3.8) is 0 Å². The van der Waals surface area contributed by atoms with Crippen molar-refractivity contribution < 1.29 is 0 Å². The quantitative estimate of drug-likeness (QED) is 0.787. The molecule has 3 unspecified atom stereocenters. The van der Waals surface area contributed by atoms with Crippen LogP contribution in [0, 0.1) is 5.92 Å². The van der Waals surface area contributed by atoms with Gasteiger partial charge in [-0.25, -0.2) is 0 Å². The van der Waals surface area contributed by atoms with Crippen molar-refractivity contribution in [3.8, 4) is 0 Å². The highest BCUT2D eigenvalue weighted by Crippen LogP contribution is 2.43. The van der Waals surface area contributed by atoms with Crippen LogP contribution in [0.2, 0.25) is 0 Å². The van der Waals surface area contributed by atoms with E-state index >= 15 is 0 Å². The van der Waals surface area contributed by atoms with E-state index in [1.807, 2.05) is 0 Å². The Kier molecular flexibility index (Phi) is 3.57. The summed E-state index contributed by atoms with van der Waals surface area (Å²) in [6.45, 7) is 4.37. The molecule has 0 spiro atoms. The van der Waals surface area contributed by atoms with Crippen LogP contribution in [-0.4, -0.2) is 45.0 Å². The second-order valence-corrected chi connectivity index (χ2v) is 6.15. The third kappa shape index (κ3) is 2.15. The molecule has 1 fully saturated rings. The molecule has 1 aromatic carbocycles. The van der Waals surface area contributed by atoms with Gasteiger partial charge in [-0.3, -0.25) is 0 Å². The summed E-state index contributed by atoms with van der Waals surface area (Å²) in [5, 5.41) is 12.8. The highest BCUT2D eigenvalue weighted by atomic mass is 31.0. The minimum atomic E-state index is -0.136. The first kappa shape index (κ1) is 13.7. The molecule has 1 saturated heterocycles. The number of piperidine rings is 1. The van der Waals surface area contributed by atoms with Crippen LogP contribution in [0.5, 0.6) is 0 Å². The number of hydrogen-bond acceptors (Lipinski definition) is 4. The second-order valence-electron chi connectivity index (χ2n) is 5.68. The molecule has 1 aromatic heterocycles. The molecule has 0 radical (unpaired) electrons. The molecule has 20 heavy (non-hydrogen) atoms. The number of benzene rings is 1. The fourth-order valence-electron chi connectivity index (χ4n) is 3.36. The van der Waals surface area contributed by atoms with E-state index in [1.165, 1.54) is 10.1 Å². The van der Waals surface area contributed by atoms with E-state index in [2.05, 4.69) is 74.0 Å². The van der Waals surface area contributed by atoms with Crippen LogP contribution in [0.15, 0.2) is 30.3 Å². The Morgan fingerprint density at radius 1 is 1.30 bits per heavy atom. The average molecular weight is 289 g/mol. The van der Waals surface area contributed by atoms with E-state index in [9.17, 15) is 0 Å². The molecule has 0 amide bonds. The van der Waals surface area contributed by atoms with Gasteiger partial charge >= 0.3 is 0 Å². The van der Waals surface area contributed by atoms with Crippen molar-refractivity contribution in [2.75, 3.05) is 20.1 Å². The molecule has 3 atom stereocenters. The third-order valence-electron chi connectivity index (χ3n) is 4.43. The van der Waals surface area contributed by atoms with Crippen molar-refractivity contribution in [3.05, 3.63) is 41.7 Å². The summed E-state index contributed by atoms with van der Waals surface area (Å²) in [6.07, 6.45) is 1.02. The second kappa shape index (κ2) is 5.23. The molecular weight excluding hydrogens is 269 g/mol. The predicted octanol–water partition coefficient (Wildman–Crippen LogP) is 1.57. The Morgan fingerprint density at radius 3 is 2.65 bits per heavy atom. The van der Waals surface area contributed by atoms with Gasteiger partial charge in [0.25, 0.3) is 0 Å². The maximum atomic E-state index is 4.50. The summed E-state index contributed by atoms with van der Waals surface area (Å²) in [4.78, 5) is 2.37. The monoisotopic (exact) mass is 289 g/mol. The lowest BCUT2D eigenvalue weighted by Gasteiger charge is -2.44. The van der Waals surface area contributed by atoms with Crippen LogP contribution in [-0.2, 0) is 5.41 Å². The van der Waals surface area contributed by atoms with Gasteiger partial charge in [-0.2, -0.15) is 4.57 Å². The van der Waals surface area contributed by atoms with Gasteiger partial charge in [0.1, 0.15) is 0 Å². The van der Waals surface area contributed by atoms with E-state index in [-0.39, 0.29) is 5.41 Å². The van der Waals surface area contributed by atoms with E-state index in [1.54, 1.807) is 0 Å². The van der Waals surface area contributed by atoms with Crippen molar-refractivity contribution in [2.24, 2.45) is 5.92 Å². The minimum absolute atomic E-state index is 0.136. The molecule has 1 aliphatic heterocycles. The lowest BCUT2D eigenvalue weighted by atomic mass is 9.66. The normalized spacial score (nSPS) is 27.6. The van der Waals surface area contributed by atoms with Gasteiger partial charge in [0.15, 0.2) is 5.82 Å². The van der Waals surface area contributed by atoms with Crippen molar-refractivity contribution >= 4 is 9.39 Å². The number of rotatable bonds is 2. The van der Waals surface area contributed by atoms with Gasteiger partial charge in [-0.15, -0.1) is 10.2 Å². The third-order valence-corrected chi connectivity index (χ3v) is 4.65. The molecule has 106 valence electrons. The summed E-state index contributed by atoms with van der Waals surface area (Å²) in [5.74, 6) is 1.28. The summed E-state index contributed by atoms with van der Waals surface area (Å²) >= 11 is 0. The smallest absolute Gasteiger partial charge is 0.185 e. The first-order valence-corrected chi connectivity index (χ1v) is 7.44. The van der Waals surface area contributed by atoms with Gasteiger partial charge < -0.3 is 4.90 Å². The zero-order valence-corrected chi connectivity index (χ0v) is 13.1. The van der Waals surface area contributed by atoms with Crippen molar-refractivity contribution in [1.82, 2.24) is 24.9 Å². The van der Waals surface area contributed by atoms with Crippen LogP contribution < -0.4 is 0 Å². The molecule has 0 N–H and O–H groups in total. The standard InChI is InChI=1S/C14H20N5P/c1-11-10-18(2)9-8-14(11,12-6-4-3-5-7-12)13-15-17-19(20)16-13/h3-7,11H,8-10,20H2,1-2H3. The number of hydrogen-bond donors (Lipinski definition) is 0. The number of nitrogens with zero attached hydrogens (tertiary/aromatic N) is 5. The fraction of sp³-hybridized carbons (Fsp3) is 0.500. The molecule has 5 nitrogen and oxygen atoms in total. The molecule has 2 heterocycles. The van der Waals surface area contributed by atoms with Gasteiger partial charge in [-0.1, -0.05) is 37.3 Å².